The SMILES string of the molecule is O=C(NCC(c1ccc(Cl)cc1)N1CCOCC1)C1CCCN(S(=O)(=O)c2cccs2)C1. The average Bonchev–Trinajstić information content (AvgIpc) is 3.37. The minimum atomic E-state index is -3.54. The molecular weight excluding hydrogens is 470 g/mol. The van der Waals surface area contributed by atoms with Crippen LogP contribution in [0, 0.1) is 5.92 Å². The second kappa shape index (κ2) is 10.6. The van der Waals surface area contributed by atoms with Crippen LogP contribution in [0.15, 0.2) is 46.0 Å². The molecular formula is C22H28ClN3O4S2. The summed E-state index contributed by atoms with van der Waals surface area (Å²) < 4.78 is 33.0. The average molecular weight is 498 g/mol. The van der Waals surface area contributed by atoms with E-state index in [1.165, 1.54) is 15.6 Å². The van der Waals surface area contributed by atoms with Gasteiger partial charge in [0, 0.05) is 37.7 Å². The Labute approximate surface area is 198 Å². The monoisotopic (exact) mass is 497 g/mol. The first-order valence-electron chi connectivity index (χ1n) is 10.8. The van der Waals surface area contributed by atoms with E-state index in [0.29, 0.717) is 48.4 Å². The lowest BCUT2D eigenvalue weighted by Crippen LogP contribution is -2.48. The minimum absolute atomic E-state index is 0.00895. The van der Waals surface area contributed by atoms with Crippen LogP contribution in [0.3, 0.4) is 0 Å². The van der Waals surface area contributed by atoms with E-state index in [-0.39, 0.29) is 24.4 Å². The second-order valence-electron chi connectivity index (χ2n) is 8.10. The largest absolute Gasteiger partial charge is 0.379 e. The number of carbonyl (C=O) groups excluding carboxylic acids is 1. The van der Waals surface area contributed by atoms with Crippen LogP contribution in [0.5, 0.6) is 0 Å². The molecule has 1 amide bonds. The highest BCUT2D eigenvalue weighted by atomic mass is 35.5. The molecule has 0 saturated carbocycles. The fourth-order valence-electron chi connectivity index (χ4n) is 4.29. The molecule has 10 heteroatoms. The quantitative estimate of drug-likeness (QED) is 0.636. The Bertz CT molecular complexity index is 993. The van der Waals surface area contributed by atoms with Crippen LogP contribution in [0.1, 0.15) is 24.4 Å². The van der Waals surface area contributed by atoms with Gasteiger partial charge < -0.3 is 10.1 Å². The Morgan fingerprint density at radius 2 is 1.94 bits per heavy atom. The van der Waals surface area contributed by atoms with Crippen LogP contribution >= 0.6 is 22.9 Å². The molecule has 2 unspecified atom stereocenters. The summed E-state index contributed by atoms with van der Waals surface area (Å²) in [7, 11) is -3.54. The molecule has 3 heterocycles. The van der Waals surface area contributed by atoms with Gasteiger partial charge in [0.05, 0.1) is 25.2 Å². The molecule has 2 atom stereocenters. The molecule has 2 saturated heterocycles. The van der Waals surface area contributed by atoms with Gasteiger partial charge in [0.15, 0.2) is 0 Å². The molecule has 2 aliphatic heterocycles. The van der Waals surface area contributed by atoms with Gasteiger partial charge in [0.2, 0.25) is 5.91 Å². The number of carbonyl (C=O) groups is 1. The number of ether oxygens (including phenoxy) is 1. The number of nitrogens with zero attached hydrogens (tertiary/aromatic N) is 2. The number of rotatable bonds is 7. The first-order valence-corrected chi connectivity index (χ1v) is 13.5. The fraction of sp³-hybridized carbons (Fsp3) is 0.500. The zero-order valence-electron chi connectivity index (χ0n) is 17.8. The van der Waals surface area contributed by atoms with Gasteiger partial charge in [-0.1, -0.05) is 29.8 Å². The van der Waals surface area contributed by atoms with Gasteiger partial charge in [-0.2, -0.15) is 4.31 Å². The number of sulfonamides is 1. The maximum atomic E-state index is 13.0. The number of morpholine rings is 1. The highest BCUT2D eigenvalue weighted by Gasteiger charge is 2.34. The standard InChI is InChI=1S/C22H28ClN3O4S2/c23-19-7-5-17(6-8-19)20(25-10-12-30-13-11-25)15-24-22(27)18-3-1-9-26(16-18)32(28,29)21-4-2-14-31-21/h2,4-8,14,18,20H,1,3,9-13,15-16H2,(H,24,27). The van der Waals surface area contributed by atoms with Gasteiger partial charge in [-0.05, 0) is 42.0 Å². The fourth-order valence-corrected chi connectivity index (χ4v) is 7.08. The molecule has 0 aliphatic carbocycles. The van der Waals surface area contributed by atoms with Gasteiger partial charge in [0.1, 0.15) is 4.21 Å². The topological polar surface area (TPSA) is 79.0 Å². The Morgan fingerprint density at radius 3 is 2.62 bits per heavy atom. The number of benzene rings is 1. The summed E-state index contributed by atoms with van der Waals surface area (Å²) in [6.45, 7) is 4.03. The van der Waals surface area contributed by atoms with Crippen molar-refractivity contribution in [2.24, 2.45) is 5.92 Å². The number of hydrogen-bond acceptors (Lipinski definition) is 6. The van der Waals surface area contributed by atoms with Gasteiger partial charge in [-0.15, -0.1) is 11.3 Å². The van der Waals surface area contributed by atoms with Gasteiger partial charge in [-0.3, -0.25) is 9.69 Å². The third kappa shape index (κ3) is 5.52. The van der Waals surface area contributed by atoms with Crippen molar-refractivity contribution in [2.45, 2.75) is 23.1 Å². The molecule has 2 aliphatic rings. The summed E-state index contributed by atoms with van der Waals surface area (Å²) >= 11 is 7.27. The number of thiophene rings is 1. The van der Waals surface area contributed by atoms with E-state index < -0.39 is 10.0 Å². The van der Waals surface area contributed by atoms with E-state index in [4.69, 9.17) is 16.3 Å². The van der Waals surface area contributed by atoms with Crippen molar-refractivity contribution in [3.05, 3.63) is 52.4 Å². The minimum Gasteiger partial charge on any atom is -0.379 e. The van der Waals surface area contributed by atoms with Crippen molar-refractivity contribution in [1.29, 1.82) is 0 Å². The lowest BCUT2D eigenvalue weighted by Gasteiger charge is -2.36. The number of amides is 1. The van der Waals surface area contributed by atoms with E-state index in [9.17, 15) is 13.2 Å². The van der Waals surface area contributed by atoms with Crippen LogP contribution in [0.25, 0.3) is 0 Å². The van der Waals surface area contributed by atoms with Crippen LogP contribution < -0.4 is 5.32 Å². The third-order valence-electron chi connectivity index (χ3n) is 6.06. The molecule has 4 rings (SSSR count). The van der Waals surface area contributed by atoms with Crippen LogP contribution in [0.2, 0.25) is 5.02 Å². The first kappa shape index (κ1) is 23.7. The smallest absolute Gasteiger partial charge is 0.252 e. The van der Waals surface area contributed by atoms with E-state index in [1.807, 2.05) is 24.3 Å². The lowest BCUT2D eigenvalue weighted by molar-refractivity contribution is -0.126. The van der Waals surface area contributed by atoms with Crippen LogP contribution in [-0.4, -0.2) is 69.5 Å². The summed E-state index contributed by atoms with van der Waals surface area (Å²) in [6, 6.07) is 11.1. The molecule has 2 aromatic rings. The molecule has 2 fully saturated rings. The number of piperidine rings is 1. The van der Waals surface area contributed by atoms with E-state index >= 15 is 0 Å². The Morgan fingerprint density at radius 1 is 1.19 bits per heavy atom. The zero-order valence-corrected chi connectivity index (χ0v) is 20.2. The number of hydrogen-bond donors (Lipinski definition) is 1. The highest BCUT2D eigenvalue weighted by Crippen LogP contribution is 2.27. The zero-order chi connectivity index (χ0) is 22.6. The predicted molar refractivity (Wildman–Crippen MR) is 125 cm³/mol. The summed E-state index contributed by atoms with van der Waals surface area (Å²) in [4.78, 5) is 15.3. The molecule has 0 spiro atoms. The van der Waals surface area contributed by atoms with E-state index in [2.05, 4.69) is 10.2 Å². The van der Waals surface area contributed by atoms with Crippen molar-refractivity contribution in [2.75, 3.05) is 45.9 Å². The lowest BCUT2D eigenvalue weighted by atomic mass is 9.98. The predicted octanol–water partition coefficient (Wildman–Crippen LogP) is 2.99. The van der Waals surface area contributed by atoms with Crippen molar-refractivity contribution in [1.82, 2.24) is 14.5 Å². The normalized spacial score (nSPS) is 21.8. The number of nitrogens with one attached hydrogen (secondary N) is 1. The summed E-state index contributed by atoms with van der Waals surface area (Å²) in [5, 5.41) is 5.52. The molecule has 0 bridgehead atoms. The first-order chi connectivity index (χ1) is 15.4. The maximum absolute atomic E-state index is 13.0. The van der Waals surface area contributed by atoms with Crippen LogP contribution in [0.4, 0.5) is 0 Å². The molecule has 1 aromatic heterocycles. The van der Waals surface area contributed by atoms with Gasteiger partial charge in [-0.25, -0.2) is 8.42 Å². The highest BCUT2D eigenvalue weighted by molar-refractivity contribution is 7.91. The molecule has 7 nitrogen and oxygen atoms in total. The third-order valence-corrected chi connectivity index (χ3v) is 9.55. The van der Waals surface area contributed by atoms with E-state index in [1.54, 1.807) is 17.5 Å². The van der Waals surface area contributed by atoms with Crippen molar-refractivity contribution >= 4 is 38.9 Å². The van der Waals surface area contributed by atoms with Gasteiger partial charge in [0.25, 0.3) is 10.0 Å². The second-order valence-corrected chi connectivity index (χ2v) is 11.6. The molecule has 0 radical (unpaired) electrons. The Balaban J connectivity index is 1.41. The summed E-state index contributed by atoms with van der Waals surface area (Å²) in [5.41, 5.74) is 1.09. The molecule has 174 valence electrons. The Hall–Kier alpha value is -1.49. The molecule has 1 aromatic carbocycles. The van der Waals surface area contributed by atoms with Crippen LogP contribution in [-0.2, 0) is 19.6 Å². The van der Waals surface area contributed by atoms with Gasteiger partial charge >= 0.3 is 0 Å². The maximum Gasteiger partial charge on any atom is 0.252 e. The molecule has 1 N–H and O–H groups in total. The van der Waals surface area contributed by atoms with Crippen molar-refractivity contribution in [3.63, 3.8) is 0 Å². The van der Waals surface area contributed by atoms with E-state index in [0.717, 1.165) is 18.7 Å². The summed E-state index contributed by atoms with van der Waals surface area (Å²) in [5.74, 6) is -0.447. The van der Waals surface area contributed by atoms with Crippen molar-refractivity contribution in [3.8, 4) is 0 Å². The summed E-state index contributed by atoms with van der Waals surface area (Å²) in [6.07, 6.45) is 1.36. The van der Waals surface area contributed by atoms with Crippen molar-refractivity contribution < 1.29 is 17.9 Å². The molecule has 32 heavy (non-hydrogen) atoms. The number of halogens is 1. The Kier molecular flexibility index (Phi) is 7.86.